The summed E-state index contributed by atoms with van der Waals surface area (Å²) in [5, 5.41) is 0. The van der Waals surface area contributed by atoms with Crippen molar-refractivity contribution in [3.8, 4) is 0 Å². The highest BCUT2D eigenvalue weighted by Crippen LogP contribution is 2.56. The molecule has 0 radical (unpaired) electrons. The summed E-state index contributed by atoms with van der Waals surface area (Å²) in [4.78, 5) is 0. The van der Waals surface area contributed by atoms with Crippen molar-refractivity contribution < 1.29 is 0 Å². The molecule has 0 bridgehead atoms. The highest BCUT2D eigenvalue weighted by atomic mass is 14.8. The maximum Gasteiger partial charge on any atom is 0.0226 e. The molecule has 2 atom stereocenters. The molecule has 2 unspecified atom stereocenters. The van der Waals surface area contributed by atoms with Gasteiger partial charge in [0.15, 0.2) is 0 Å². The van der Waals surface area contributed by atoms with E-state index in [9.17, 15) is 0 Å². The number of rotatable bonds is 1. The molecule has 1 aliphatic carbocycles. The molecule has 0 spiro atoms. The average Bonchev–Trinajstić information content (AvgIpc) is 2.12. The molecule has 0 aromatic rings. The van der Waals surface area contributed by atoms with E-state index >= 15 is 0 Å². The van der Waals surface area contributed by atoms with Crippen molar-refractivity contribution >= 4 is 0 Å². The molecule has 1 aliphatic rings. The van der Waals surface area contributed by atoms with Gasteiger partial charge in [-0.25, -0.2) is 0 Å². The van der Waals surface area contributed by atoms with Gasteiger partial charge in [0.25, 0.3) is 0 Å². The first-order valence-corrected chi connectivity index (χ1v) is 5.69. The summed E-state index contributed by atoms with van der Waals surface area (Å²) in [7, 11) is 0. The van der Waals surface area contributed by atoms with Crippen LogP contribution in [0.3, 0.4) is 0 Å². The maximum absolute atomic E-state index is 6.48. The summed E-state index contributed by atoms with van der Waals surface area (Å²) in [6.07, 6.45) is 3.05. The molecule has 0 aromatic heterocycles. The Balaban J connectivity index is 3.47. The van der Waals surface area contributed by atoms with E-state index in [0.717, 1.165) is 6.42 Å². The lowest BCUT2D eigenvalue weighted by Gasteiger charge is -2.57. The van der Waals surface area contributed by atoms with Gasteiger partial charge in [0.1, 0.15) is 0 Å². The minimum absolute atomic E-state index is 0.00116. The topological polar surface area (TPSA) is 26.0 Å². The zero-order valence-corrected chi connectivity index (χ0v) is 11.1. The number of hydrogen-bond acceptors (Lipinski definition) is 1. The summed E-state index contributed by atoms with van der Waals surface area (Å²) in [5.41, 5.74) is 9.20. The van der Waals surface area contributed by atoms with E-state index in [4.69, 9.17) is 5.73 Å². The van der Waals surface area contributed by atoms with Gasteiger partial charge < -0.3 is 5.73 Å². The van der Waals surface area contributed by atoms with Crippen LogP contribution < -0.4 is 5.73 Å². The second kappa shape index (κ2) is 3.21. The van der Waals surface area contributed by atoms with Gasteiger partial charge in [-0.1, -0.05) is 38.0 Å². The van der Waals surface area contributed by atoms with Crippen molar-refractivity contribution in [1.82, 2.24) is 0 Å². The van der Waals surface area contributed by atoms with E-state index in [2.05, 4.69) is 54.2 Å². The first-order valence-electron chi connectivity index (χ1n) is 5.69. The van der Waals surface area contributed by atoms with E-state index < -0.39 is 0 Å². The molecule has 86 valence electrons. The van der Waals surface area contributed by atoms with Gasteiger partial charge in [-0.05, 0) is 32.6 Å². The van der Waals surface area contributed by atoms with Gasteiger partial charge in [-0.3, -0.25) is 0 Å². The van der Waals surface area contributed by atoms with Crippen molar-refractivity contribution in [2.24, 2.45) is 16.6 Å². The fourth-order valence-corrected chi connectivity index (χ4v) is 2.82. The van der Waals surface area contributed by atoms with Gasteiger partial charge >= 0.3 is 0 Å². The van der Waals surface area contributed by atoms with E-state index in [0.29, 0.717) is 0 Å². The Hall–Kier alpha value is -0.560. The van der Waals surface area contributed by atoms with E-state index in [1.54, 1.807) is 0 Å². The lowest BCUT2D eigenvalue weighted by Crippen LogP contribution is -2.60. The monoisotopic (exact) mass is 207 g/mol. The SMILES string of the molecule is C=CC1(C)C(C)=C(C)CC(C)(N)C1(C)C. The predicted molar refractivity (Wildman–Crippen MR) is 67.7 cm³/mol. The zero-order valence-electron chi connectivity index (χ0n) is 11.1. The third-order valence-electron chi connectivity index (χ3n) is 5.19. The molecule has 0 saturated heterocycles. The number of nitrogens with two attached hydrogens (primary N) is 1. The van der Waals surface area contributed by atoms with Crippen molar-refractivity contribution in [2.75, 3.05) is 0 Å². The summed E-state index contributed by atoms with van der Waals surface area (Å²) in [6.45, 7) is 17.3. The first kappa shape index (κ1) is 12.5. The fraction of sp³-hybridized carbons (Fsp3) is 0.714. The minimum Gasteiger partial charge on any atom is -0.325 e. The molecular formula is C14H25N. The Kier molecular flexibility index (Phi) is 2.68. The Morgan fingerprint density at radius 1 is 1.20 bits per heavy atom. The van der Waals surface area contributed by atoms with Crippen LogP contribution in [-0.4, -0.2) is 5.54 Å². The van der Waals surface area contributed by atoms with Crippen molar-refractivity contribution in [3.63, 3.8) is 0 Å². The Morgan fingerprint density at radius 3 is 2.07 bits per heavy atom. The van der Waals surface area contributed by atoms with Crippen LogP contribution in [-0.2, 0) is 0 Å². The first-order chi connectivity index (χ1) is 6.60. The van der Waals surface area contributed by atoms with Crippen LogP contribution in [0.25, 0.3) is 0 Å². The lowest BCUT2D eigenvalue weighted by atomic mass is 9.50. The van der Waals surface area contributed by atoms with Gasteiger partial charge in [-0.2, -0.15) is 0 Å². The minimum atomic E-state index is -0.167. The molecule has 15 heavy (non-hydrogen) atoms. The van der Waals surface area contributed by atoms with Gasteiger partial charge in [0.2, 0.25) is 0 Å². The van der Waals surface area contributed by atoms with Gasteiger partial charge in [-0.15, -0.1) is 6.58 Å². The zero-order chi connectivity index (χ0) is 12.1. The highest BCUT2D eigenvalue weighted by molar-refractivity contribution is 5.34. The molecular weight excluding hydrogens is 182 g/mol. The molecule has 1 nitrogen and oxygen atoms in total. The van der Waals surface area contributed by atoms with Gasteiger partial charge in [0.05, 0.1) is 0 Å². The van der Waals surface area contributed by atoms with Crippen LogP contribution in [0.5, 0.6) is 0 Å². The standard InChI is InChI=1S/C14H25N/c1-8-13(6)11(3)10(2)9-14(7,15)12(13,4)5/h8H,1,9,15H2,2-7H3. The van der Waals surface area contributed by atoms with Crippen LogP contribution in [0.15, 0.2) is 23.8 Å². The van der Waals surface area contributed by atoms with Crippen LogP contribution >= 0.6 is 0 Å². The van der Waals surface area contributed by atoms with E-state index in [1.807, 2.05) is 0 Å². The second-order valence-electron chi connectivity index (χ2n) is 6.03. The summed E-state index contributed by atoms with van der Waals surface area (Å²) >= 11 is 0. The van der Waals surface area contributed by atoms with Gasteiger partial charge in [0, 0.05) is 11.0 Å². The predicted octanol–water partition coefficient (Wildman–Crippen LogP) is 3.66. The normalized spacial score (nSPS) is 40.5. The summed E-state index contributed by atoms with van der Waals surface area (Å²) in [6, 6.07) is 0. The molecule has 1 heteroatoms. The van der Waals surface area contributed by atoms with Crippen LogP contribution in [0.2, 0.25) is 0 Å². The molecule has 2 N–H and O–H groups in total. The maximum atomic E-state index is 6.48. The molecule has 0 aromatic carbocycles. The lowest BCUT2D eigenvalue weighted by molar-refractivity contribution is 0.0598. The average molecular weight is 207 g/mol. The largest absolute Gasteiger partial charge is 0.325 e. The van der Waals surface area contributed by atoms with Crippen LogP contribution in [0.1, 0.15) is 48.0 Å². The van der Waals surface area contributed by atoms with E-state index in [-0.39, 0.29) is 16.4 Å². The summed E-state index contributed by atoms with van der Waals surface area (Å²) in [5.74, 6) is 0. The third-order valence-corrected chi connectivity index (χ3v) is 5.19. The molecule has 0 saturated carbocycles. The van der Waals surface area contributed by atoms with Crippen molar-refractivity contribution in [2.45, 2.75) is 53.5 Å². The second-order valence-corrected chi connectivity index (χ2v) is 6.03. The highest BCUT2D eigenvalue weighted by Gasteiger charge is 2.53. The Bertz CT molecular complexity index is 320. The smallest absolute Gasteiger partial charge is 0.0226 e. The quantitative estimate of drug-likeness (QED) is 0.652. The van der Waals surface area contributed by atoms with Crippen molar-refractivity contribution in [1.29, 1.82) is 0 Å². The molecule has 0 aliphatic heterocycles. The van der Waals surface area contributed by atoms with Crippen LogP contribution in [0.4, 0.5) is 0 Å². The molecule has 1 rings (SSSR count). The Morgan fingerprint density at radius 2 is 1.67 bits per heavy atom. The number of hydrogen-bond donors (Lipinski definition) is 1. The molecule has 0 fully saturated rings. The Labute approximate surface area is 94.4 Å². The molecule has 0 heterocycles. The van der Waals surface area contributed by atoms with Crippen molar-refractivity contribution in [3.05, 3.63) is 23.8 Å². The summed E-state index contributed by atoms with van der Waals surface area (Å²) < 4.78 is 0. The number of allylic oxidation sites excluding steroid dienone is 2. The fourth-order valence-electron chi connectivity index (χ4n) is 2.82. The van der Waals surface area contributed by atoms with Crippen LogP contribution in [0, 0.1) is 10.8 Å². The van der Waals surface area contributed by atoms with E-state index in [1.165, 1.54) is 11.1 Å². The molecule has 0 amide bonds. The third kappa shape index (κ3) is 1.40.